The zero-order valence-corrected chi connectivity index (χ0v) is 13.8. The number of furan rings is 1. The average molecular weight is 370 g/mol. The van der Waals surface area contributed by atoms with E-state index in [-0.39, 0.29) is 11.5 Å². The summed E-state index contributed by atoms with van der Waals surface area (Å²) in [5.74, 6) is -2.84. The smallest absolute Gasteiger partial charge is 0.194 e. The fourth-order valence-electron chi connectivity index (χ4n) is 2.56. The van der Waals surface area contributed by atoms with E-state index in [0.717, 1.165) is 12.1 Å². The molecule has 0 aliphatic rings. The van der Waals surface area contributed by atoms with Crippen LogP contribution in [0.4, 0.5) is 30.5 Å². The van der Waals surface area contributed by atoms with Crippen LogP contribution in [0.1, 0.15) is 5.76 Å². The molecular weight excluding hydrogens is 357 g/mol. The van der Waals surface area contributed by atoms with Crippen molar-refractivity contribution in [2.45, 2.75) is 6.54 Å². The SMILES string of the molecule is Fc1cc(Nc2nc3ccccc3nc2NCc2ccco2)cc(F)c1F. The van der Waals surface area contributed by atoms with E-state index in [2.05, 4.69) is 20.6 Å². The molecule has 0 aliphatic heterocycles. The lowest BCUT2D eigenvalue weighted by molar-refractivity contribution is 0.448. The minimum Gasteiger partial charge on any atom is -0.467 e. The molecular formula is C19H13F3N4O. The van der Waals surface area contributed by atoms with Gasteiger partial charge in [0.25, 0.3) is 0 Å². The van der Waals surface area contributed by atoms with Gasteiger partial charge >= 0.3 is 0 Å². The van der Waals surface area contributed by atoms with Crippen LogP contribution in [-0.2, 0) is 6.54 Å². The van der Waals surface area contributed by atoms with Crippen molar-refractivity contribution >= 4 is 28.4 Å². The Hall–Kier alpha value is -3.55. The van der Waals surface area contributed by atoms with E-state index in [1.165, 1.54) is 0 Å². The molecule has 0 amide bonds. The van der Waals surface area contributed by atoms with Gasteiger partial charge in [-0.1, -0.05) is 12.1 Å². The maximum absolute atomic E-state index is 13.5. The van der Waals surface area contributed by atoms with E-state index in [4.69, 9.17) is 4.42 Å². The highest BCUT2D eigenvalue weighted by Gasteiger charge is 2.14. The molecule has 0 spiro atoms. The first-order valence-electron chi connectivity index (χ1n) is 8.05. The Morgan fingerprint density at radius 2 is 1.52 bits per heavy atom. The Balaban J connectivity index is 1.71. The van der Waals surface area contributed by atoms with E-state index in [9.17, 15) is 13.2 Å². The molecule has 0 unspecified atom stereocenters. The normalized spacial score (nSPS) is 10.9. The number of halogens is 3. The zero-order chi connectivity index (χ0) is 18.8. The molecule has 2 heterocycles. The van der Waals surface area contributed by atoms with Gasteiger partial charge in [-0.05, 0) is 24.3 Å². The number of anilines is 3. The van der Waals surface area contributed by atoms with E-state index < -0.39 is 17.5 Å². The number of para-hydroxylation sites is 2. The Morgan fingerprint density at radius 3 is 2.15 bits per heavy atom. The summed E-state index contributed by atoms with van der Waals surface area (Å²) in [5.41, 5.74) is 1.24. The second-order valence-electron chi connectivity index (χ2n) is 5.72. The van der Waals surface area contributed by atoms with Crippen LogP contribution in [-0.4, -0.2) is 9.97 Å². The standard InChI is InChI=1S/C19H13F3N4O/c20-13-8-11(9-14(21)17(13)22)24-19-18(23-10-12-4-3-7-27-12)25-15-5-1-2-6-16(15)26-19/h1-9H,10H2,(H,23,25)(H,24,26). The van der Waals surface area contributed by atoms with Crippen LogP contribution in [0.3, 0.4) is 0 Å². The highest BCUT2D eigenvalue weighted by molar-refractivity contribution is 5.81. The number of aromatic nitrogens is 2. The number of rotatable bonds is 5. The summed E-state index contributed by atoms with van der Waals surface area (Å²) in [6, 6.07) is 12.4. The van der Waals surface area contributed by atoms with Crippen molar-refractivity contribution in [3.63, 3.8) is 0 Å². The third-order valence-corrected chi connectivity index (χ3v) is 3.83. The van der Waals surface area contributed by atoms with E-state index in [1.807, 2.05) is 6.07 Å². The first-order chi connectivity index (χ1) is 13.1. The van der Waals surface area contributed by atoms with Crippen LogP contribution in [0, 0.1) is 17.5 Å². The van der Waals surface area contributed by atoms with Crippen LogP contribution in [0.2, 0.25) is 0 Å². The van der Waals surface area contributed by atoms with Crippen molar-refractivity contribution in [2.75, 3.05) is 10.6 Å². The number of hydrogen-bond donors (Lipinski definition) is 2. The minimum atomic E-state index is -1.53. The molecule has 2 N–H and O–H groups in total. The maximum Gasteiger partial charge on any atom is 0.194 e. The van der Waals surface area contributed by atoms with Crippen molar-refractivity contribution in [3.8, 4) is 0 Å². The first-order valence-corrected chi connectivity index (χ1v) is 8.05. The summed E-state index contributed by atoms with van der Waals surface area (Å²) in [6.07, 6.45) is 1.55. The van der Waals surface area contributed by atoms with E-state index >= 15 is 0 Å². The number of hydrogen-bond acceptors (Lipinski definition) is 5. The summed E-state index contributed by atoms with van der Waals surface area (Å²) in [7, 11) is 0. The highest BCUT2D eigenvalue weighted by atomic mass is 19.2. The monoisotopic (exact) mass is 370 g/mol. The third-order valence-electron chi connectivity index (χ3n) is 3.83. The predicted molar refractivity (Wildman–Crippen MR) is 95.2 cm³/mol. The van der Waals surface area contributed by atoms with Gasteiger partial charge < -0.3 is 15.1 Å². The predicted octanol–water partition coefficient (Wildman–Crippen LogP) is 5.00. The molecule has 4 aromatic rings. The molecule has 0 bridgehead atoms. The Labute approximate surface area is 151 Å². The van der Waals surface area contributed by atoms with Gasteiger partial charge in [0.2, 0.25) is 0 Å². The van der Waals surface area contributed by atoms with Crippen molar-refractivity contribution in [2.24, 2.45) is 0 Å². The Kier molecular flexibility index (Phi) is 4.37. The maximum atomic E-state index is 13.5. The second-order valence-corrected chi connectivity index (χ2v) is 5.72. The lowest BCUT2D eigenvalue weighted by atomic mass is 10.2. The molecule has 0 fully saturated rings. The first kappa shape index (κ1) is 16.9. The lowest BCUT2D eigenvalue weighted by Gasteiger charge is -2.13. The number of benzene rings is 2. The summed E-state index contributed by atoms with van der Waals surface area (Å²) in [5, 5.41) is 5.87. The minimum absolute atomic E-state index is 0.0111. The third kappa shape index (κ3) is 3.55. The Morgan fingerprint density at radius 1 is 0.852 bits per heavy atom. The van der Waals surface area contributed by atoms with Gasteiger partial charge in [-0.3, -0.25) is 0 Å². The molecule has 0 saturated carbocycles. The summed E-state index contributed by atoms with van der Waals surface area (Å²) < 4.78 is 45.5. The van der Waals surface area contributed by atoms with E-state index in [1.54, 1.807) is 36.6 Å². The van der Waals surface area contributed by atoms with Crippen LogP contribution < -0.4 is 10.6 Å². The molecule has 4 rings (SSSR count). The van der Waals surface area contributed by atoms with Crippen molar-refractivity contribution in [3.05, 3.63) is 78.0 Å². The summed E-state index contributed by atoms with van der Waals surface area (Å²) >= 11 is 0. The number of nitrogens with zero attached hydrogens (tertiary/aromatic N) is 2. The van der Waals surface area contributed by atoms with Gasteiger partial charge in [0.05, 0.1) is 23.8 Å². The molecule has 136 valence electrons. The lowest BCUT2D eigenvalue weighted by Crippen LogP contribution is -2.07. The molecule has 2 aromatic carbocycles. The second kappa shape index (κ2) is 6.99. The molecule has 8 heteroatoms. The van der Waals surface area contributed by atoms with Gasteiger partial charge in [0.1, 0.15) is 5.76 Å². The van der Waals surface area contributed by atoms with Crippen molar-refractivity contribution in [1.29, 1.82) is 0 Å². The zero-order valence-electron chi connectivity index (χ0n) is 13.8. The molecule has 0 atom stereocenters. The topological polar surface area (TPSA) is 63.0 Å². The molecule has 2 aromatic heterocycles. The Bertz CT molecular complexity index is 1080. The van der Waals surface area contributed by atoms with Gasteiger partial charge in [0, 0.05) is 17.8 Å². The van der Waals surface area contributed by atoms with Crippen LogP contribution >= 0.6 is 0 Å². The highest BCUT2D eigenvalue weighted by Crippen LogP contribution is 2.27. The number of nitrogens with one attached hydrogen (secondary N) is 2. The molecule has 0 aliphatic carbocycles. The molecule has 0 radical (unpaired) electrons. The van der Waals surface area contributed by atoms with Crippen LogP contribution in [0.25, 0.3) is 11.0 Å². The molecule has 27 heavy (non-hydrogen) atoms. The quantitative estimate of drug-likeness (QED) is 0.484. The molecule has 0 saturated heterocycles. The van der Waals surface area contributed by atoms with Crippen molar-refractivity contribution < 1.29 is 17.6 Å². The van der Waals surface area contributed by atoms with Crippen molar-refractivity contribution in [1.82, 2.24) is 9.97 Å². The number of fused-ring (bicyclic) bond motifs is 1. The van der Waals surface area contributed by atoms with Crippen LogP contribution in [0.15, 0.2) is 59.2 Å². The van der Waals surface area contributed by atoms with Crippen LogP contribution in [0.5, 0.6) is 0 Å². The molecule has 5 nitrogen and oxygen atoms in total. The van der Waals surface area contributed by atoms with E-state index in [0.29, 0.717) is 29.2 Å². The van der Waals surface area contributed by atoms with Gasteiger partial charge in [-0.25, -0.2) is 23.1 Å². The largest absolute Gasteiger partial charge is 0.467 e. The summed E-state index contributed by atoms with van der Waals surface area (Å²) in [4.78, 5) is 8.94. The summed E-state index contributed by atoms with van der Waals surface area (Å²) in [6.45, 7) is 0.334. The van der Waals surface area contributed by atoms with Gasteiger partial charge in [0.15, 0.2) is 29.1 Å². The van der Waals surface area contributed by atoms with Gasteiger partial charge in [-0.2, -0.15) is 0 Å². The average Bonchev–Trinajstić information content (AvgIpc) is 3.18. The van der Waals surface area contributed by atoms with Gasteiger partial charge in [-0.15, -0.1) is 0 Å². The fourth-order valence-corrected chi connectivity index (χ4v) is 2.56. The fraction of sp³-hybridized carbons (Fsp3) is 0.0526.